The maximum absolute atomic E-state index is 13.2. The van der Waals surface area contributed by atoms with Crippen molar-refractivity contribution in [2.75, 3.05) is 39.1 Å². The molecule has 0 aliphatic carbocycles. The van der Waals surface area contributed by atoms with Crippen LogP contribution in [0.15, 0.2) is 23.1 Å². The van der Waals surface area contributed by atoms with Crippen LogP contribution in [-0.4, -0.2) is 64.8 Å². The molecule has 0 spiro atoms. The first kappa shape index (κ1) is 23.5. The number of aromatic nitrogens is 4. The second-order valence-corrected chi connectivity index (χ2v) is 8.80. The van der Waals surface area contributed by atoms with E-state index in [1.807, 2.05) is 64.5 Å². The highest BCUT2D eigenvalue weighted by Crippen LogP contribution is 2.24. The van der Waals surface area contributed by atoms with E-state index in [1.165, 1.54) is 0 Å². The molecule has 0 saturated carbocycles. The van der Waals surface area contributed by atoms with Crippen LogP contribution >= 0.6 is 0 Å². The number of nitrogens with zero attached hydrogens (tertiary/aromatic N) is 5. The Morgan fingerprint density at radius 2 is 1.91 bits per heavy atom. The second-order valence-electron chi connectivity index (χ2n) is 8.80. The molecular formula is C23H33N7O2. The fraction of sp³-hybridized carbons (Fsp3) is 0.478. The molecule has 0 saturated heterocycles. The van der Waals surface area contributed by atoms with Gasteiger partial charge in [0.2, 0.25) is 0 Å². The summed E-state index contributed by atoms with van der Waals surface area (Å²) in [4.78, 5) is 37.3. The Kier molecular flexibility index (Phi) is 6.98. The van der Waals surface area contributed by atoms with Gasteiger partial charge in [-0.1, -0.05) is 0 Å². The van der Waals surface area contributed by atoms with E-state index in [-0.39, 0.29) is 24.1 Å². The highest BCUT2D eigenvalue weighted by molar-refractivity contribution is 6.06. The average molecular weight is 440 g/mol. The lowest BCUT2D eigenvalue weighted by Crippen LogP contribution is -2.30. The molecule has 0 unspecified atom stereocenters. The Hall–Kier alpha value is -3.20. The fourth-order valence-corrected chi connectivity index (χ4v) is 3.60. The maximum Gasteiger partial charge on any atom is 0.253 e. The molecule has 172 valence electrons. The van der Waals surface area contributed by atoms with Gasteiger partial charge >= 0.3 is 0 Å². The number of carbonyl (C=O) groups is 1. The number of aryl methyl sites for hydroxylation is 2. The minimum Gasteiger partial charge on any atom is -0.358 e. The average Bonchev–Trinajstić information content (AvgIpc) is 3.14. The van der Waals surface area contributed by atoms with E-state index >= 15 is 0 Å². The number of nitrogens with one attached hydrogen (secondary N) is 2. The van der Waals surface area contributed by atoms with Gasteiger partial charge in [-0.05, 0) is 59.5 Å². The number of hydrogen-bond donors (Lipinski definition) is 2. The SMILES string of the molecule is Cc1cc(C)c(CNC(=O)c2cc(N(C)CCN(C)C)nc3c2cnn3C(C)C)c(=O)[nH]1. The van der Waals surface area contributed by atoms with Crippen LogP contribution in [0, 0.1) is 13.8 Å². The van der Waals surface area contributed by atoms with Crippen LogP contribution in [0.1, 0.15) is 47.1 Å². The van der Waals surface area contributed by atoms with Crippen molar-refractivity contribution in [3.05, 3.63) is 51.1 Å². The van der Waals surface area contributed by atoms with E-state index in [2.05, 4.69) is 20.3 Å². The van der Waals surface area contributed by atoms with Gasteiger partial charge in [-0.2, -0.15) is 5.10 Å². The molecule has 0 fully saturated rings. The summed E-state index contributed by atoms with van der Waals surface area (Å²) < 4.78 is 1.82. The van der Waals surface area contributed by atoms with Gasteiger partial charge in [0.25, 0.3) is 11.5 Å². The van der Waals surface area contributed by atoms with Crippen molar-refractivity contribution in [1.29, 1.82) is 0 Å². The Morgan fingerprint density at radius 3 is 2.53 bits per heavy atom. The van der Waals surface area contributed by atoms with Crippen LogP contribution in [0.25, 0.3) is 11.0 Å². The molecule has 9 nitrogen and oxygen atoms in total. The molecule has 3 aromatic rings. The summed E-state index contributed by atoms with van der Waals surface area (Å²) in [6, 6.07) is 3.80. The first-order valence-corrected chi connectivity index (χ1v) is 10.8. The number of pyridine rings is 2. The standard InChI is InChI=1S/C23H33N7O2/c1-14(2)30-21-19(13-25-30)17(11-20(27-21)29(7)9-8-28(5)6)22(31)24-12-18-15(3)10-16(4)26-23(18)32/h10-11,13-14H,8-9,12H2,1-7H3,(H,24,31)(H,26,32). The summed E-state index contributed by atoms with van der Waals surface area (Å²) in [5.41, 5.74) is 3.18. The zero-order chi connectivity index (χ0) is 23.6. The van der Waals surface area contributed by atoms with Gasteiger partial charge in [-0.15, -0.1) is 0 Å². The number of carbonyl (C=O) groups excluding carboxylic acids is 1. The Labute approximate surface area is 188 Å². The third kappa shape index (κ3) is 4.99. The number of likely N-dealkylation sites (N-methyl/N-ethyl adjacent to an activating group) is 2. The monoisotopic (exact) mass is 439 g/mol. The smallest absolute Gasteiger partial charge is 0.253 e. The van der Waals surface area contributed by atoms with Crippen molar-refractivity contribution in [1.82, 2.24) is 30.0 Å². The normalized spacial score (nSPS) is 11.5. The lowest BCUT2D eigenvalue weighted by molar-refractivity contribution is 0.0952. The Balaban J connectivity index is 1.97. The first-order valence-electron chi connectivity index (χ1n) is 10.8. The molecule has 0 radical (unpaired) electrons. The van der Waals surface area contributed by atoms with Gasteiger partial charge in [0.05, 0.1) is 17.1 Å². The molecule has 3 aromatic heterocycles. The highest BCUT2D eigenvalue weighted by atomic mass is 16.1. The summed E-state index contributed by atoms with van der Waals surface area (Å²) in [6.07, 6.45) is 1.69. The summed E-state index contributed by atoms with van der Waals surface area (Å²) in [7, 11) is 6.00. The minimum absolute atomic E-state index is 0.104. The highest BCUT2D eigenvalue weighted by Gasteiger charge is 2.20. The van der Waals surface area contributed by atoms with Crippen molar-refractivity contribution < 1.29 is 4.79 Å². The topological polar surface area (TPSA) is 99.2 Å². The van der Waals surface area contributed by atoms with Gasteiger partial charge < -0.3 is 20.1 Å². The minimum atomic E-state index is -0.262. The van der Waals surface area contributed by atoms with Crippen molar-refractivity contribution in [2.24, 2.45) is 0 Å². The molecule has 3 heterocycles. The van der Waals surface area contributed by atoms with Crippen LogP contribution in [0.5, 0.6) is 0 Å². The van der Waals surface area contributed by atoms with Crippen molar-refractivity contribution >= 4 is 22.8 Å². The van der Waals surface area contributed by atoms with E-state index < -0.39 is 0 Å². The van der Waals surface area contributed by atoms with E-state index in [0.29, 0.717) is 28.0 Å². The fourth-order valence-electron chi connectivity index (χ4n) is 3.60. The maximum atomic E-state index is 13.2. The summed E-state index contributed by atoms with van der Waals surface area (Å²) >= 11 is 0. The Morgan fingerprint density at radius 1 is 1.19 bits per heavy atom. The van der Waals surface area contributed by atoms with E-state index in [0.717, 1.165) is 24.3 Å². The number of anilines is 1. The number of amides is 1. The molecule has 1 amide bonds. The van der Waals surface area contributed by atoms with E-state index in [9.17, 15) is 9.59 Å². The van der Waals surface area contributed by atoms with Crippen LogP contribution in [0.2, 0.25) is 0 Å². The van der Waals surface area contributed by atoms with Crippen LogP contribution in [0.3, 0.4) is 0 Å². The number of hydrogen-bond acceptors (Lipinski definition) is 6. The van der Waals surface area contributed by atoms with Gasteiger partial charge in [-0.3, -0.25) is 9.59 Å². The summed E-state index contributed by atoms with van der Waals surface area (Å²) in [5.74, 6) is 0.443. The predicted octanol–water partition coefficient (Wildman–Crippen LogP) is 2.25. The van der Waals surface area contributed by atoms with Gasteiger partial charge in [-0.25, -0.2) is 9.67 Å². The molecule has 0 atom stereocenters. The quantitative estimate of drug-likeness (QED) is 0.559. The molecule has 0 aromatic carbocycles. The molecule has 9 heteroatoms. The second kappa shape index (κ2) is 9.52. The molecule has 0 aliphatic heterocycles. The molecule has 0 aliphatic rings. The van der Waals surface area contributed by atoms with Crippen LogP contribution in [0.4, 0.5) is 5.82 Å². The van der Waals surface area contributed by atoms with E-state index in [4.69, 9.17) is 4.98 Å². The molecular weight excluding hydrogens is 406 g/mol. The first-order chi connectivity index (χ1) is 15.1. The van der Waals surface area contributed by atoms with Crippen molar-refractivity contribution in [3.63, 3.8) is 0 Å². The lowest BCUT2D eigenvalue weighted by Gasteiger charge is -2.21. The van der Waals surface area contributed by atoms with E-state index in [1.54, 1.807) is 12.3 Å². The van der Waals surface area contributed by atoms with Crippen molar-refractivity contribution in [2.45, 2.75) is 40.3 Å². The third-order valence-corrected chi connectivity index (χ3v) is 5.48. The summed E-state index contributed by atoms with van der Waals surface area (Å²) in [6.45, 7) is 9.54. The molecule has 2 N–H and O–H groups in total. The number of H-pyrrole nitrogens is 1. The van der Waals surface area contributed by atoms with Crippen molar-refractivity contribution in [3.8, 4) is 0 Å². The zero-order valence-electron chi connectivity index (χ0n) is 20.0. The van der Waals surface area contributed by atoms with Gasteiger partial charge in [0.1, 0.15) is 5.82 Å². The summed E-state index contributed by atoms with van der Waals surface area (Å²) in [5, 5.41) is 8.06. The number of rotatable bonds is 8. The lowest BCUT2D eigenvalue weighted by atomic mass is 10.1. The molecule has 3 rings (SSSR count). The Bertz CT molecular complexity index is 1180. The van der Waals surface area contributed by atoms with Crippen LogP contribution < -0.4 is 15.8 Å². The predicted molar refractivity (Wildman–Crippen MR) is 127 cm³/mol. The van der Waals surface area contributed by atoms with Gasteiger partial charge in [0, 0.05) is 44.0 Å². The zero-order valence-corrected chi connectivity index (χ0v) is 20.0. The largest absolute Gasteiger partial charge is 0.358 e. The molecule has 0 bridgehead atoms. The third-order valence-electron chi connectivity index (χ3n) is 5.48. The number of aromatic amines is 1. The van der Waals surface area contributed by atoms with Crippen LogP contribution in [-0.2, 0) is 6.54 Å². The van der Waals surface area contributed by atoms with Gasteiger partial charge in [0.15, 0.2) is 5.65 Å². The number of fused-ring (bicyclic) bond motifs is 1. The molecule has 32 heavy (non-hydrogen) atoms.